The van der Waals surface area contributed by atoms with Gasteiger partial charge in [0.1, 0.15) is 0 Å². The van der Waals surface area contributed by atoms with Gasteiger partial charge in [0.2, 0.25) is 0 Å². The van der Waals surface area contributed by atoms with Crippen molar-refractivity contribution >= 4 is 17.5 Å². The van der Waals surface area contributed by atoms with Gasteiger partial charge in [-0.3, -0.25) is 10.4 Å². The lowest BCUT2D eigenvalue weighted by molar-refractivity contribution is 0.262. The molecule has 2 heterocycles. The molecular weight excluding hydrogens is 268 g/mol. The molecular formula is C14H16N6O. The second kappa shape index (κ2) is 4.83. The largest absolute Gasteiger partial charge is 0.324 e. The van der Waals surface area contributed by atoms with Crippen molar-refractivity contribution in [3.8, 4) is 0 Å². The average molecular weight is 284 g/mol. The molecule has 0 radical (unpaired) electrons. The maximum atomic E-state index is 12.0. The fourth-order valence-corrected chi connectivity index (χ4v) is 2.35. The molecule has 4 rings (SSSR count). The van der Waals surface area contributed by atoms with E-state index >= 15 is 0 Å². The molecule has 2 aliphatic carbocycles. The van der Waals surface area contributed by atoms with Gasteiger partial charge in [-0.15, -0.1) is 5.10 Å². The van der Waals surface area contributed by atoms with Gasteiger partial charge in [0.25, 0.3) is 0 Å². The Balaban J connectivity index is 1.39. The molecule has 108 valence electrons. The normalized spacial score (nSPS) is 17.5. The Labute approximate surface area is 121 Å². The van der Waals surface area contributed by atoms with Gasteiger partial charge in [-0.2, -0.15) is 10.2 Å². The van der Waals surface area contributed by atoms with Gasteiger partial charge in [-0.25, -0.2) is 4.79 Å². The number of anilines is 2. The van der Waals surface area contributed by atoms with Gasteiger partial charge >= 0.3 is 6.03 Å². The number of urea groups is 1. The highest BCUT2D eigenvalue weighted by molar-refractivity contribution is 5.99. The summed E-state index contributed by atoms with van der Waals surface area (Å²) < 4.78 is 0. The van der Waals surface area contributed by atoms with Gasteiger partial charge in [-0.1, -0.05) is 0 Å². The molecule has 21 heavy (non-hydrogen) atoms. The van der Waals surface area contributed by atoms with Crippen LogP contribution in [0, 0.1) is 0 Å². The summed E-state index contributed by atoms with van der Waals surface area (Å²) in [6, 6.07) is 3.39. The first-order valence-electron chi connectivity index (χ1n) is 7.24. The van der Waals surface area contributed by atoms with Crippen molar-refractivity contribution in [2.24, 2.45) is 0 Å². The van der Waals surface area contributed by atoms with E-state index in [0.717, 1.165) is 29.9 Å². The number of rotatable bonds is 4. The number of aromatic nitrogens is 4. The Morgan fingerprint density at radius 2 is 1.90 bits per heavy atom. The summed E-state index contributed by atoms with van der Waals surface area (Å²) in [4.78, 5) is 12.0. The molecule has 0 unspecified atom stereocenters. The van der Waals surface area contributed by atoms with Crippen molar-refractivity contribution in [2.75, 3.05) is 10.6 Å². The predicted molar refractivity (Wildman–Crippen MR) is 77.2 cm³/mol. The summed E-state index contributed by atoms with van der Waals surface area (Å²) in [6.07, 6.45) is 6.30. The first-order chi connectivity index (χ1) is 10.3. The van der Waals surface area contributed by atoms with Crippen LogP contribution in [0.3, 0.4) is 0 Å². The SMILES string of the molecule is O=C(Nc1ccc(C2CC2)nn1)Nc1cn[nH]c1C1CC1. The van der Waals surface area contributed by atoms with Crippen LogP contribution in [0.1, 0.15) is 48.9 Å². The molecule has 7 heteroatoms. The molecule has 0 atom stereocenters. The van der Waals surface area contributed by atoms with Crippen LogP contribution in [0.25, 0.3) is 0 Å². The van der Waals surface area contributed by atoms with Gasteiger partial charge in [0.05, 0.1) is 23.3 Å². The average Bonchev–Trinajstić information content (AvgIpc) is 3.39. The maximum absolute atomic E-state index is 12.0. The molecule has 0 spiro atoms. The number of carbonyl (C=O) groups is 1. The highest BCUT2D eigenvalue weighted by Gasteiger charge is 2.28. The van der Waals surface area contributed by atoms with Crippen molar-refractivity contribution in [1.82, 2.24) is 20.4 Å². The van der Waals surface area contributed by atoms with E-state index in [1.807, 2.05) is 6.07 Å². The van der Waals surface area contributed by atoms with E-state index in [1.54, 1.807) is 12.3 Å². The highest BCUT2D eigenvalue weighted by atomic mass is 16.2. The molecule has 0 saturated heterocycles. The summed E-state index contributed by atoms with van der Waals surface area (Å²) in [7, 11) is 0. The van der Waals surface area contributed by atoms with E-state index in [2.05, 4.69) is 31.0 Å². The Kier molecular flexibility index (Phi) is 2.83. The number of carbonyl (C=O) groups excluding carboxylic acids is 1. The Bertz CT molecular complexity index is 656. The molecule has 2 aliphatic rings. The summed E-state index contributed by atoms with van der Waals surface area (Å²) in [5.74, 6) is 1.51. The summed E-state index contributed by atoms with van der Waals surface area (Å²) in [5, 5.41) is 20.6. The van der Waals surface area contributed by atoms with E-state index in [-0.39, 0.29) is 6.03 Å². The van der Waals surface area contributed by atoms with E-state index in [4.69, 9.17) is 0 Å². The minimum Gasteiger partial charge on any atom is -0.305 e. The number of hydrogen-bond acceptors (Lipinski definition) is 4. The fourth-order valence-electron chi connectivity index (χ4n) is 2.35. The lowest BCUT2D eigenvalue weighted by Crippen LogP contribution is -2.20. The quantitative estimate of drug-likeness (QED) is 0.804. The number of amides is 2. The monoisotopic (exact) mass is 284 g/mol. The van der Waals surface area contributed by atoms with Crippen LogP contribution in [0.4, 0.5) is 16.3 Å². The number of nitrogens with zero attached hydrogens (tertiary/aromatic N) is 3. The van der Waals surface area contributed by atoms with Crippen LogP contribution in [-0.2, 0) is 0 Å². The highest BCUT2D eigenvalue weighted by Crippen LogP contribution is 2.42. The molecule has 2 aromatic rings. The Morgan fingerprint density at radius 3 is 2.57 bits per heavy atom. The molecule has 0 aromatic carbocycles. The number of nitrogens with one attached hydrogen (secondary N) is 3. The summed E-state index contributed by atoms with van der Waals surface area (Å²) in [5.41, 5.74) is 2.74. The van der Waals surface area contributed by atoms with Crippen LogP contribution in [0.2, 0.25) is 0 Å². The minimum absolute atomic E-state index is 0.327. The zero-order chi connectivity index (χ0) is 14.2. The number of aromatic amines is 1. The Morgan fingerprint density at radius 1 is 1.10 bits per heavy atom. The molecule has 2 aromatic heterocycles. The lowest BCUT2D eigenvalue weighted by atomic mass is 10.2. The van der Waals surface area contributed by atoms with Crippen molar-refractivity contribution in [2.45, 2.75) is 37.5 Å². The van der Waals surface area contributed by atoms with Crippen molar-refractivity contribution in [3.63, 3.8) is 0 Å². The maximum Gasteiger partial charge on any atom is 0.324 e. The summed E-state index contributed by atoms with van der Waals surface area (Å²) in [6.45, 7) is 0. The van der Waals surface area contributed by atoms with Gasteiger partial charge in [0.15, 0.2) is 5.82 Å². The van der Waals surface area contributed by atoms with Gasteiger partial charge in [0, 0.05) is 11.8 Å². The molecule has 2 saturated carbocycles. The second-order valence-corrected chi connectivity index (χ2v) is 5.67. The molecule has 7 nitrogen and oxygen atoms in total. The molecule has 0 aliphatic heterocycles. The smallest absolute Gasteiger partial charge is 0.305 e. The number of H-pyrrole nitrogens is 1. The second-order valence-electron chi connectivity index (χ2n) is 5.67. The third-order valence-electron chi connectivity index (χ3n) is 3.83. The third-order valence-corrected chi connectivity index (χ3v) is 3.83. The van der Waals surface area contributed by atoms with Crippen LogP contribution >= 0.6 is 0 Å². The molecule has 0 bridgehead atoms. The lowest BCUT2D eigenvalue weighted by Gasteiger charge is -2.07. The standard InChI is InChI=1S/C14H16N6O/c21-14(16-11-7-15-20-13(11)9-3-4-9)17-12-6-5-10(18-19-12)8-1-2-8/h5-9H,1-4H2,(H,15,20)(H2,16,17,19,21). The third kappa shape index (κ3) is 2.72. The van der Waals surface area contributed by atoms with E-state index < -0.39 is 0 Å². The molecule has 2 fully saturated rings. The van der Waals surface area contributed by atoms with Gasteiger partial charge in [-0.05, 0) is 37.8 Å². The zero-order valence-corrected chi connectivity index (χ0v) is 11.5. The molecule has 2 amide bonds. The first kappa shape index (κ1) is 12.3. The van der Waals surface area contributed by atoms with Crippen molar-refractivity contribution in [3.05, 3.63) is 29.7 Å². The van der Waals surface area contributed by atoms with Crippen molar-refractivity contribution < 1.29 is 4.79 Å². The number of hydrogen-bond donors (Lipinski definition) is 3. The fraction of sp³-hybridized carbons (Fsp3) is 0.429. The first-order valence-corrected chi connectivity index (χ1v) is 7.24. The van der Waals surface area contributed by atoms with Gasteiger partial charge < -0.3 is 5.32 Å². The summed E-state index contributed by atoms with van der Waals surface area (Å²) >= 11 is 0. The molecule has 3 N–H and O–H groups in total. The predicted octanol–water partition coefficient (Wildman–Crippen LogP) is 2.60. The minimum atomic E-state index is -0.327. The van der Waals surface area contributed by atoms with E-state index in [9.17, 15) is 4.79 Å². The Hall–Kier alpha value is -2.44. The van der Waals surface area contributed by atoms with Crippen LogP contribution in [-0.4, -0.2) is 26.4 Å². The van der Waals surface area contributed by atoms with Crippen LogP contribution in [0.15, 0.2) is 18.3 Å². The zero-order valence-electron chi connectivity index (χ0n) is 11.5. The topological polar surface area (TPSA) is 95.6 Å². The van der Waals surface area contributed by atoms with Crippen molar-refractivity contribution in [1.29, 1.82) is 0 Å². The van der Waals surface area contributed by atoms with E-state index in [1.165, 1.54) is 12.8 Å². The van der Waals surface area contributed by atoms with Crippen LogP contribution in [0.5, 0.6) is 0 Å². The van der Waals surface area contributed by atoms with Crippen LogP contribution < -0.4 is 10.6 Å². The van der Waals surface area contributed by atoms with E-state index in [0.29, 0.717) is 17.7 Å².